The highest BCUT2D eigenvalue weighted by molar-refractivity contribution is 7.94. The van der Waals surface area contributed by atoms with Crippen molar-refractivity contribution >= 4 is 49.4 Å². The van der Waals surface area contributed by atoms with Crippen LogP contribution in [0, 0.1) is 0 Å². The molecule has 102 valence electrons. The van der Waals surface area contributed by atoms with Gasteiger partial charge in [0.25, 0.3) is 10.0 Å². The molecule has 0 aliphatic heterocycles. The fourth-order valence-electron chi connectivity index (χ4n) is 1.92. The molecule has 1 aliphatic rings. The maximum atomic E-state index is 12.1. The Bertz CT molecular complexity index is 684. The van der Waals surface area contributed by atoms with Crippen molar-refractivity contribution < 1.29 is 8.42 Å². The van der Waals surface area contributed by atoms with Gasteiger partial charge in [-0.3, -0.25) is 4.72 Å². The Morgan fingerprint density at radius 2 is 2.05 bits per heavy atom. The van der Waals surface area contributed by atoms with Crippen molar-refractivity contribution in [2.75, 3.05) is 4.72 Å². The van der Waals surface area contributed by atoms with Crippen LogP contribution in [-0.2, 0) is 22.9 Å². The predicted octanol–water partition coefficient (Wildman–Crippen LogP) is 2.93. The Hall–Kier alpha value is -0.700. The number of hydrogen-bond donors (Lipinski definition) is 1. The molecular formula is C10H10ClN3O2S3. The molecule has 2 aromatic rings. The molecule has 0 atom stereocenters. The quantitative estimate of drug-likeness (QED) is 0.936. The molecule has 1 N–H and O–H groups in total. The summed E-state index contributed by atoms with van der Waals surface area (Å²) >= 11 is 8.00. The Morgan fingerprint density at radius 3 is 2.74 bits per heavy atom. The predicted molar refractivity (Wildman–Crippen MR) is 76.7 cm³/mol. The SMILES string of the molecule is O=S(=O)(Nc1nc2c(s1)CCCC2)c1cnc(Cl)s1. The summed E-state index contributed by atoms with van der Waals surface area (Å²) in [5.41, 5.74) is 1.02. The van der Waals surface area contributed by atoms with Gasteiger partial charge in [-0.2, -0.15) is 0 Å². The number of sulfonamides is 1. The van der Waals surface area contributed by atoms with Crippen LogP contribution in [0.4, 0.5) is 5.13 Å². The van der Waals surface area contributed by atoms with Gasteiger partial charge >= 0.3 is 0 Å². The van der Waals surface area contributed by atoms with Gasteiger partial charge in [-0.25, -0.2) is 18.4 Å². The first-order valence-electron chi connectivity index (χ1n) is 5.67. The van der Waals surface area contributed by atoms with Crippen molar-refractivity contribution in [3.63, 3.8) is 0 Å². The number of halogens is 1. The molecule has 5 nitrogen and oxygen atoms in total. The highest BCUT2D eigenvalue weighted by Crippen LogP contribution is 2.31. The van der Waals surface area contributed by atoms with E-state index in [0.717, 1.165) is 42.7 Å². The van der Waals surface area contributed by atoms with Crippen molar-refractivity contribution in [3.05, 3.63) is 21.2 Å². The van der Waals surface area contributed by atoms with E-state index in [0.29, 0.717) is 5.13 Å². The Kier molecular flexibility index (Phi) is 3.50. The van der Waals surface area contributed by atoms with E-state index in [-0.39, 0.29) is 8.68 Å². The van der Waals surface area contributed by atoms with Crippen molar-refractivity contribution in [1.82, 2.24) is 9.97 Å². The number of hydrogen-bond acceptors (Lipinski definition) is 6. The van der Waals surface area contributed by atoms with Gasteiger partial charge in [0.2, 0.25) is 0 Å². The molecule has 2 heterocycles. The molecule has 0 aromatic carbocycles. The molecule has 9 heteroatoms. The number of nitrogens with one attached hydrogen (secondary N) is 1. The number of rotatable bonds is 3. The van der Waals surface area contributed by atoms with E-state index in [1.165, 1.54) is 22.4 Å². The first-order valence-corrected chi connectivity index (χ1v) is 9.17. The van der Waals surface area contributed by atoms with Crippen LogP contribution >= 0.6 is 34.3 Å². The van der Waals surface area contributed by atoms with Crippen LogP contribution in [0.5, 0.6) is 0 Å². The fraction of sp³-hybridized carbons (Fsp3) is 0.400. The minimum absolute atomic E-state index is 0.102. The van der Waals surface area contributed by atoms with E-state index < -0.39 is 10.0 Å². The molecule has 0 saturated carbocycles. The number of aryl methyl sites for hydroxylation is 2. The third-order valence-electron chi connectivity index (χ3n) is 2.79. The van der Waals surface area contributed by atoms with Gasteiger partial charge in [-0.1, -0.05) is 22.9 Å². The Morgan fingerprint density at radius 1 is 1.26 bits per heavy atom. The fourth-order valence-corrected chi connectivity index (χ4v) is 5.50. The monoisotopic (exact) mass is 335 g/mol. The maximum absolute atomic E-state index is 12.1. The molecule has 2 aromatic heterocycles. The van der Waals surface area contributed by atoms with Gasteiger partial charge in [0.15, 0.2) is 13.8 Å². The normalized spacial score (nSPS) is 15.2. The second-order valence-corrected chi connectivity index (χ2v) is 8.74. The Balaban J connectivity index is 1.86. The van der Waals surface area contributed by atoms with E-state index >= 15 is 0 Å². The van der Waals surface area contributed by atoms with Crippen LogP contribution in [0.25, 0.3) is 0 Å². The van der Waals surface area contributed by atoms with Crippen molar-refractivity contribution in [3.8, 4) is 0 Å². The molecule has 0 spiro atoms. The molecule has 0 amide bonds. The number of anilines is 1. The zero-order chi connectivity index (χ0) is 13.5. The lowest BCUT2D eigenvalue weighted by atomic mass is 10.0. The van der Waals surface area contributed by atoms with E-state index in [4.69, 9.17) is 11.6 Å². The third-order valence-corrected chi connectivity index (χ3v) is 6.91. The molecular weight excluding hydrogens is 326 g/mol. The van der Waals surface area contributed by atoms with Crippen LogP contribution in [0.2, 0.25) is 4.47 Å². The van der Waals surface area contributed by atoms with Gasteiger partial charge in [0, 0.05) is 4.88 Å². The number of aromatic nitrogens is 2. The molecule has 0 unspecified atom stereocenters. The average Bonchev–Trinajstić information content (AvgIpc) is 2.94. The summed E-state index contributed by atoms with van der Waals surface area (Å²) < 4.78 is 27.0. The van der Waals surface area contributed by atoms with Crippen LogP contribution < -0.4 is 4.72 Å². The number of fused-ring (bicyclic) bond motifs is 1. The summed E-state index contributed by atoms with van der Waals surface area (Å²) in [5, 5.41) is 0.427. The first kappa shape index (κ1) is 13.3. The molecule has 0 radical (unpaired) electrons. The van der Waals surface area contributed by atoms with Crippen LogP contribution in [-0.4, -0.2) is 18.4 Å². The zero-order valence-electron chi connectivity index (χ0n) is 9.72. The summed E-state index contributed by atoms with van der Waals surface area (Å²) in [6, 6.07) is 0. The van der Waals surface area contributed by atoms with Gasteiger partial charge in [0.05, 0.1) is 11.9 Å². The number of nitrogens with zero attached hydrogens (tertiary/aromatic N) is 2. The van der Waals surface area contributed by atoms with E-state index in [9.17, 15) is 8.42 Å². The summed E-state index contributed by atoms with van der Waals surface area (Å²) in [6.07, 6.45) is 5.43. The second kappa shape index (κ2) is 5.01. The van der Waals surface area contributed by atoms with Gasteiger partial charge < -0.3 is 0 Å². The van der Waals surface area contributed by atoms with Crippen LogP contribution in [0.15, 0.2) is 10.4 Å². The lowest BCUT2D eigenvalue weighted by Crippen LogP contribution is -2.11. The van der Waals surface area contributed by atoms with Gasteiger partial charge in [-0.15, -0.1) is 11.3 Å². The molecule has 3 rings (SSSR count). The standard InChI is InChI=1S/C10H10ClN3O2S3/c11-9-12-5-8(18-9)19(15,16)14-10-13-6-3-1-2-4-7(6)17-10/h5H,1-4H2,(H,13,14). The van der Waals surface area contributed by atoms with E-state index in [1.807, 2.05) is 0 Å². The summed E-state index contributed by atoms with van der Waals surface area (Å²) in [6.45, 7) is 0. The summed E-state index contributed by atoms with van der Waals surface area (Å²) in [7, 11) is -3.62. The average molecular weight is 336 g/mol. The summed E-state index contributed by atoms with van der Waals surface area (Å²) in [5.74, 6) is 0. The highest BCUT2D eigenvalue weighted by Gasteiger charge is 2.21. The molecule has 1 aliphatic carbocycles. The minimum Gasteiger partial charge on any atom is -0.254 e. The van der Waals surface area contributed by atoms with Crippen molar-refractivity contribution in [2.45, 2.75) is 29.9 Å². The molecule has 0 saturated heterocycles. The van der Waals surface area contributed by atoms with Gasteiger partial charge in [0.1, 0.15) is 0 Å². The topological polar surface area (TPSA) is 72.0 Å². The van der Waals surface area contributed by atoms with Crippen molar-refractivity contribution in [2.24, 2.45) is 0 Å². The second-order valence-electron chi connectivity index (χ2n) is 4.13. The third kappa shape index (κ3) is 2.76. The van der Waals surface area contributed by atoms with E-state index in [1.54, 1.807) is 0 Å². The Labute approximate surface area is 123 Å². The number of thiazole rings is 2. The minimum atomic E-state index is -3.62. The smallest absolute Gasteiger partial charge is 0.254 e. The largest absolute Gasteiger partial charge is 0.274 e. The lowest BCUT2D eigenvalue weighted by Gasteiger charge is -2.06. The molecule has 19 heavy (non-hydrogen) atoms. The highest BCUT2D eigenvalue weighted by atomic mass is 35.5. The molecule has 0 bridgehead atoms. The summed E-state index contributed by atoms with van der Waals surface area (Å²) in [4.78, 5) is 9.27. The maximum Gasteiger partial charge on any atom is 0.274 e. The van der Waals surface area contributed by atoms with Gasteiger partial charge in [-0.05, 0) is 25.7 Å². The van der Waals surface area contributed by atoms with E-state index in [2.05, 4.69) is 14.7 Å². The van der Waals surface area contributed by atoms with Crippen molar-refractivity contribution in [1.29, 1.82) is 0 Å². The first-order chi connectivity index (χ1) is 9.04. The zero-order valence-corrected chi connectivity index (χ0v) is 12.9. The molecule has 0 fully saturated rings. The lowest BCUT2D eigenvalue weighted by molar-refractivity contribution is 0.603. The van der Waals surface area contributed by atoms with Crippen LogP contribution in [0.3, 0.4) is 0 Å². The van der Waals surface area contributed by atoms with Crippen LogP contribution in [0.1, 0.15) is 23.4 Å².